The van der Waals surface area contributed by atoms with E-state index in [0.717, 1.165) is 37.9 Å². The lowest BCUT2D eigenvalue weighted by Gasteiger charge is -2.59. The first kappa shape index (κ1) is 24.3. The summed E-state index contributed by atoms with van der Waals surface area (Å²) < 4.78 is 7.25. The minimum absolute atomic E-state index is 0.0734. The summed E-state index contributed by atoms with van der Waals surface area (Å²) in [5.41, 5.74) is -0.0849. The van der Waals surface area contributed by atoms with Crippen LogP contribution in [0.4, 0.5) is 5.82 Å². The molecule has 5 fully saturated rings. The van der Waals surface area contributed by atoms with E-state index in [1.54, 1.807) is 24.1 Å². The first-order valence-electron chi connectivity index (χ1n) is 13.0. The van der Waals surface area contributed by atoms with E-state index in [1.165, 1.54) is 0 Å². The van der Waals surface area contributed by atoms with Gasteiger partial charge in [0.25, 0.3) is 5.91 Å². The Hall–Kier alpha value is -2.39. The van der Waals surface area contributed by atoms with Crippen LogP contribution in [-0.4, -0.2) is 72.7 Å². The van der Waals surface area contributed by atoms with Crippen molar-refractivity contribution in [3.63, 3.8) is 0 Å². The zero-order valence-corrected chi connectivity index (χ0v) is 21.1. The molecule has 2 unspecified atom stereocenters. The lowest BCUT2D eigenvalue weighted by Crippen LogP contribution is -2.60. The topological polar surface area (TPSA) is 109 Å². The number of nitrogens with one attached hydrogen (secondary N) is 2. The zero-order chi connectivity index (χ0) is 24.8. The third-order valence-corrected chi connectivity index (χ3v) is 8.80. The summed E-state index contributed by atoms with van der Waals surface area (Å²) in [6.45, 7) is 6.50. The second-order valence-electron chi connectivity index (χ2n) is 11.7. The normalized spacial score (nSPS) is 32.3. The number of nitrogens with zero attached hydrogens (tertiary/aromatic N) is 3. The Morgan fingerprint density at radius 1 is 1.23 bits per heavy atom. The first-order valence-corrected chi connectivity index (χ1v) is 13.0. The fourth-order valence-corrected chi connectivity index (χ4v) is 7.22. The second-order valence-corrected chi connectivity index (χ2v) is 11.7. The van der Waals surface area contributed by atoms with Crippen molar-refractivity contribution in [2.75, 3.05) is 44.9 Å². The van der Waals surface area contributed by atoms with Gasteiger partial charge in [0.2, 0.25) is 5.91 Å². The number of aliphatic hydroxyl groups is 1. The lowest BCUT2D eigenvalue weighted by atomic mass is 9.48. The number of aliphatic hydroxyl groups excluding tert-OH is 1. The number of hydrogen-bond acceptors (Lipinski definition) is 6. The monoisotopic (exact) mass is 485 g/mol. The van der Waals surface area contributed by atoms with Crippen LogP contribution in [0.25, 0.3) is 6.20 Å². The predicted octanol–water partition coefficient (Wildman–Crippen LogP) is 1.88. The van der Waals surface area contributed by atoms with Gasteiger partial charge in [-0.3, -0.25) is 9.59 Å². The van der Waals surface area contributed by atoms with Gasteiger partial charge in [-0.15, -0.1) is 0 Å². The molecule has 5 aliphatic rings. The molecule has 4 aliphatic carbocycles. The molecule has 1 aromatic heterocycles. The van der Waals surface area contributed by atoms with E-state index < -0.39 is 5.41 Å². The van der Waals surface area contributed by atoms with Gasteiger partial charge in [-0.05, 0) is 69.1 Å². The Kier molecular flexibility index (Phi) is 6.42. The summed E-state index contributed by atoms with van der Waals surface area (Å²) in [5.74, 6) is 2.13. The van der Waals surface area contributed by atoms with E-state index in [-0.39, 0.29) is 29.9 Å². The molecule has 4 bridgehead atoms. The van der Waals surface area contributed by atoms with Gasteiger partial charge in [0.1, 0.15) is 11.4 Å². The fraction of sp³-hybridized carbons (Fsp3) is 0.731. The summed E-state index contributed by atoms with van der Waals surface area (Å²) in [6.07, 6.45) is 10.7. The van der Waals surface area contributed by atoms with Crippen molar-refractivity contribution in [1.29, 1.82) is 0 Å². The van der Waals surface area contributed by atoms with Crippen LogP contribution in [0.1, 0.15) is 56.3 Å². The lowest BCUT2D eigenvalue weighted by molar-refractivity contribution is -0.126. The van der Waals surface area contributed by atoms with Crippen molar-refractivity contribution in [3.8, 4) is 0 Å². The second kappa shape index (κ2) is 9.24. The standard InChI is InChI=1S/C26H39N5O4/c1-25(2,24(34)27-3)4-5-31-23(30-6-8-35-9-7-30)20(15-28-31)22(33)29-21-18-10-17-11-19(21)14-26(12-17,13-18)16-32/h4-5,15,17-19,21,32H,6-14,16H2,1-3H3,(H,27,34)(H,29,33)/b5-4+. The van der Waals surface area contributed by atoms with Gasteiger partial charge in [-0.2, -0.15) is 5.10 Å². The molecule has 1 aromatic rings. The molecule has 2 atom stereocenters. The zero-order valence-electron chi connectivity index (χ0n) is 21.1. The van der Waals surface area contributed by atoms with Crippen LogP contribution >= 0.6 is 0 Å². The number of amides is 2. The summed E-state index contributed by atoms with van der Waals surface area (Å²) >= 11 is 0. The molecule has 35 heavy (non-hydrogen) atoms. The number of rotatable bonds is 7. The van der Waals surface area contributed by atoms with E-state index in [0.29, 0.717) is 49.6 Å². The molecule has 2 heterocycles. The maximum absolute atomic E-state index is 13.7. The van der Waals surface area contributed by atoms with Crippen molar-refractivity contribution in [2.24, 2.45) is 28.6 Å². The SMILES string of the molecule is CNC(=O)C(C)(C)/C=C/n1ncc(C(=O)NC2C3CC4CC2CC(CO)(C4)C3)c1N1CCOCC1. The van der Waals surface area contributed by atoms with Crippen LogP contribution in [0, 0.1) is 28.6 Å². The highest BCUT2D eigenvalue weighted by Gasteiger charge is 2.55. The smallest absolute Gasteiger partial charge is 0.256 e. The Labute approximate surface area is 207 Å². The number of anilines is 1. The number of aromatic nitrogens is 2. The molecular formula is C26H39N5O4. The van der Waals surface area contributed by atoms with E-state index in [2.05, 4.69) is 20.6 Å². The van der Waals surface area contributed by atoms with E-state index in [9.17, 15) is 14.7 Å². The Morgan fingerprint density at radius 2 is 1.91 bits per heavy atom. The fourth-order valence-electron chi connectivity index (χ4n) is 7.22. The molecule has 1 aliphatic heterocycles. The van der Waals surface area contributed by atoms with Crippen LogP contribution < -0.4 is 15.5 Å². The van der Waals surface area contributed by atoms with Gasteiger partial charge in [0, 0.05) is 39.0 Å². The molecule has 9 nitrogen and oxygen atoms in total. The average molecular weight is 486 g/mol. The maximum atomic E-state index is 13.7. The minimum Gasteiger partial charge on any atom is -0.396 e. The van der Waals surface area contributed by atoms with Crippen LogP contribution in [0.2, 0.25) is 0 Å². The number of hydrogen-bond donors (Lipinski definition) is 3. The van der Waals surface area contributed by atoms with Gasteiger partial charge < -0.3 is 25.4 Å². The van der Waals surface area contributed by atoms with Crippen LogP contribution in [0.3, 0.4) is 0 Å². The van der Waals surface area contributed by atoms with Gasteiger partial charge in [0.05, 0.1) is 24.8 Å². The number of ether oxygens (including phenoxy) is 1. The average Bonchev–Trinajstić information content (AvgIpc) is 3.28. The van der Waals surface area contributed by atoms with E-state index in [1.807, 2.05) is 19.9 Å². The third-order valence-electron chi connectivity index (χ3n) is 8.80. The van der Waals surface area contributed by atoms with Crippen LogP contribution in [0.15, 0.2) is 12.3 Å². The largest absolute Gasteiger partial charge is 0.396 e. The highest BCUT2D eigenvalue weighted by atomic mass is 16.5. The van der Waals surface area contributed by atoms with Crippen LogP contribution in [0.5, 0.6) is 0 Å². The summed E-state index contributed by atoms with van der Waals surface area (Å²) in [7, 11) is 1.62. The molecule has 0 spiro atoms. The van der Waals surface area contributed by atoms with Gasteiger partial charge in [0.15, 0.2) is 0 Å². The van der Waals surface area contributed by atoms with Crippen molar-refractivity contribution >= 4 is 23.8 Å². The van der Waals surface area contributed by atoms with E-state index >= 15 is 0 Å². The van der Waals surface area contributed by atoms with Gasteiger partial charge in [-0.1, -0.05) is 6.08 Å². The Balaban J connectivity index is 1.39. The Bertz CT molecular complexity index is 980. The molecule has 0 radical (unpaired) electrons. The van der Waals surface area contributed by atoms with Gasteiger partial charge >= 0.3 is 0 Å². The third kappa shape index (κ3) is 4.48. The quantitative estimate of drug-likeness (QED) is 0.544. The molecule has 2 amide bonds. The predicted molar refractivity (Wildman–Crippen MR) is 133 cm³/mol. The summed E-state index contributed by atoms with van der Waals surface area (Å²) in [4.78, 5) is 28.0. The number of carbonyl (C=O) groups is 2. The molecule has 6 rings (SSSR count). The molecule has 1 saturated heterocycles. The van der Waals surface area contributed by atoms with Crippen LogP contribution in [-0.2, 0) is 9.53 Å². The number of carbonyl (C=O) groups excluding carboxylic acids is 2. The molecule has 4 saturated carbocycles. The molecular weight excluding hydrogens is 446 g/mol. The van der Waals surface area contributed by atoms with Gasteiger partial charge in [-0.25, -0.2) is 4.68 Å². The highest BCUT2D eigenvalue weighted by molar-refractivity contribution is 5.99. The highest BCUT2D eigenvalue weighted by Crippen LogP contribution is 2.59. The minimum atomic E-state index is -0.714. The van der Waals surface area contributed by atoms with Crippen molar-refractivity contribution in [3.05, 3.63) is 17.8 Å². The summed E-state index contributed by atoms with van der Waals surface area (Å²) in [6, 6.07) is 0.155. The molecule has 192 valence electrons. The van der Waals surface area contributed by atoms with Crippen molar-refractivity contribution in [2.45, 2.75) is 52.0 Å². The van der Waals surface area contributed by atoms with E-state index in [4.69, 9.17) is 4.74 Å². The van der Waals surface area contributed by atoms with Crippen molar-refractivity contribution in [1.82, 2.24) is 20.4 Å². The molecule has 9 heteroatoms. The first-order chi connectivity index (χ1) is 16.7. The molecule has 3 N–H and O–H groups in total. The molecule has 0 aromatic carbocycles. The number of morpholine rings is 1. The maximum Gasteiger partial charge on any atom is 0.256 e. The van der Waals surface area contributed by atoms with Crippen molar-refractivity contribution < 1.29 is 19.4 Å². The summed E-state index contributed by atoms with van der Waals surface area (Å²) in [5, 5.41) is 20.7. The Morgan fingerprint density at radius 3 is 2.54 bits per heavy atom.